The van der Waals surface area contributed by atoms with E-state index in [1.807, 2.05) is 0 Å². The van der Waals surface area contributed by atoms with Crippen LogP contribution in [0, 0.1) is 11.6 Å². The highest BCUT2D eigenvalue weighted by atomic mass is 19.1. The van der Waals surface area contributed by atoms with Crippen LogP contribution in [-0.2, 0) is 4.79 Å². The molecule has 2 rings (SSSR count). The molecule has 1 aliphatic carbocycles. The van der Waals surface area contributed by atoms with Gasteiger partial charge in [0.15, 0.2) is 11.6 Å². The second kappa shape index (κ2) is 5.69. The normalized spacial score (nSPS) is 15.4. The van der Waals surface area contributed by atoms with Crippen molar-refractivity contribution in [3.8, 4) is 0 Å². The lowest BCUT2D eigenvalue weighted by molar-refractivity contribution is -0.112. The highest BCUT2D eigenvalue weighted by molar-refractivity contribution is 6.09. The number of nitrogens with zero attached hydrogens (tertiary/aromatic N) is 2. The molecular formula is C15H12F2N2O. The molecule has 0 aliphatic heterocycles. The van der Waals surface area contributed by atoms with Crippen molar-refractivity contribution in [2.45, 2.75) is 13.8 Å². The molecule has 1 aromatic carbocycles. The number of hydrogen-bond donors (Lipinski definition) is 0. The van der Waals surface area contributed by atoms with Crippen LogP contribution in [0.2, 0.25) is 0 Å². The average Bonchev–Trinajstić information content (AvgIpc) is 2.38. The molecule has 0 unspecified atom stereocenters. The maximum atomic E-state index is 13.3. The predicted octanol–water partition coefficient (Wildman–Crippen LogP) is 4.41. The Hall–Kier alpha value is -2.43. The quantitative estimate of drug-likeness (QED) is 0.736. The first-order valence-electron chi connectivity index (χ1n) is 5.95. The van der Waals surface area contributed by atoms with Crippen molar-refractivity contribution in [3.63, 3.8) is 0 Å². The molecule has 0 N–H and O–H groups in total. The van der Waals surface area contributed by atoms with Gasteiger partial charge in [-0.15, -0.1) is 5.11 Å². The molecule has 1 aromatic rings. The van der Waals surface area contributed by atoms with Crippen molar-refractivity contribution in [1.82, 2.24) is 0 Å². The van der Waals surface area contributed by atoms with Crippen LogP contribution in [0.3, 0.4) is 0 Å². The Balaban J connectivity index is 2.21. The Morgan fingerprint density at radius 3 is 2.35 bits per heavy atom. The van der Waals surface area contributed by atoms with Gasteiger partial charge in [-0.2, -0.15) is 5.11 Å². The SMILES string of the molecule is CC1=CC(=CN=Nc2ccc(F)cc2F)C=C(C)C1=O. The lowest BCUT2D eigenvalue weighted by Crippen LogP contribution is -2.05. The molecule has 0 amide bonds. The molecule has 0 bridgehead atoms. The van der Waals surface area contributed by atoms with Gasteiger partial charge in [0.05, 0.1) is 6.20 Å². The standard InChI is InChI=1S/C15H12F2N2O/c1-9-5-11(6-10(2)15(9)20)8-18-19-14-4-3-12(16)7-13(14)17/h3-8H,1-2H3. The van der Waals surface area contributed by atoms with E-state index in [9.17, 15) is 13.6 Å². The monoisotopic (exact) mass is 274 g/mol. The van der Waals surface area contributed by atoms with E-state index in [4.69, 9.17) is 0 Å². The van der Waals surface area contributed by atoms with Gasteiger partial charge in [-0.1, -0.05) is 0 Å². The van der Waals surface area contributed by atoms with Crippen molar-refractivity contribution in [3.05, 3.63) is 64.9 Å². The number of hydrogen-bond acceptors (Lipinski definition) is 3. The number of carbonyl (C=O) groups excluding carboxylic acids is 1. The second-order valence-electron chi connectivity index (χ2n) is 4.42. The van der Waals surface area contributed by atoms with Gasteiger partial charge in [-0.05, 0) is 54.9 Å². The fraction of sp³-hybridized carbons (Fsp3) is 0.133. The van der Waals surface area contributed by atoms with Gasteiger partial charge in [-0.25, -0.2) is 8.78 Å². The fourth-order valence-corrected chi connectivity index (χ4v) is 1.78. The number of carbonyl (C=O) groups is 1. The molecule has 0 saturated carbocycles. The number of ketones is 1. The molecule has 0 fully saturated rings. The molecule has 0 saturated heterocycles. The molecule has 0 radical (unpaired) electrons. The summed E-state index contributed by atoms with van der Waals surface area (Å²) in [4.78, 5) is 11.5. The summed E-state index contributed by atoms with van der Waals surface area (Å²) < 4.78 is 26.0. The minimum absolute atomic E-state index is 0.0105. The Kier molecular flexibility index (Phi) is 3.98. The zero-order valence-electron chi connectivity index (χ0n) is 11.0. The third-order valence-electron chi connectivity index (χ3n) is 2.76. The minimum Gasteiger partial charge on any atom is -0.289 e. The molecule has 5 heteroatoms. The third kappa shape index (κ3) is 3.12. The van der Waals surface area contributed by atoms with E-state index < -0.39 is 11.6 Å². The van der Waals surface area contributed by atoms with Crippen LogP contribution >= 0.6 is 0 Å². The Morgan fingerprint density at radius 2 is 1.75 bits per heavy atom. The maximum Gasteiger partial charge on any atom is 0.184 e. The van der Waals surface area contributed by atoms with E-state index in [2.05, 4.69) is 10.2 Å². The number of Topliss-reactive ketones (excluding diaryl/α,β-unsaturated/α-hetero) is 1. The largest absolute Gasteiger partial charge is 0.289 e. The third-order valence-corrected chi connectivity index (χ3v) is 2.76. The van der Waals surface area contributed by atoms with E-state index in [0.29, 0.717) is 16.7 Å². The van der Waals surface area contributed by atoms with Crippen LogP contribution in [0.1, 0.15) is 13.8 Å². The summed E-state index contributed by atoms with van der Waals surface area (Å²) in [5.74, 6) is -1.45. The minimum atomic E-state index is -0.774. The summed E-state index contributed by atoms with van der Waals surface area (Å²) in [6, 6.07) is 3.06. The Morgan fingerprint density at radius 1 is 1.10 bits per heavy atom. The van der Waals surface area contributed by atoms with Crippen LogP contribution in [0.5, 0.6) is 0 Å². The van der Waals surface area contributed by atoms with E-state index in [1.54, 1.807) is 26.0 Å². The van der Waals surface area contributed by atoms with Gasteiger partial charge in [0.25, 0.3) is 0 Å². The molecule has 0 aromatic heterocycles. The first-order chi connectivity index (χ1) is 9.47. The van der Waals surface area contributed by atoms with Crippen molar-refractivity contribution in [2.75, 3.05) is 0 Å². The maximum absolute atomic E-state index is 13.3. The molecular weight excluding hydrogens is 262 g/mol. The molecule has 3 nitrogen and oxygen atoms in total. The van der Waals surface area contributed by atoms with Gasteiger partial charge >= 0.3 is 0 Å². The lowest BCUT2D eigenvalue weighted by atomic mass is 9.96. The second-order valence-corrected chi connectivity index (χ2v) is 4.42. The highest BCUT2D eigenvalue weighted by Crippen LogP contribution is 2.21. The summed E-state index contributed by atoms with van der Waals surface area (Å²) in [5, 5.41) is 7.42. The topological polar surface area (TPSA) is 41.8 Å². The van der Waals surface area contributed by atoms with Crippen molar-refractivity contribution in [1.29, 1.82) is 0 Å². The van der Waals surface area contributed by atoms with E-state index in [1.165, 1.54) is 12.3 Å². The Labute approximate surface area is 115 Å². The molecule has 102 valence electrons. The van der Waals surface area contributed by atoms with Crippen LogP contribution < -0.4 is 0 Å². The van der Waals surface area contributed by atoms with E-state index in [0.717, 1.165) is 12.1 Å². The average molecular weight is 274 g/mol. The summed E-state index contributed by atoms with van der Waals surface area (Å²) in [6.45, 7) is 3.42. The predicted molar refractivity (Wildman–Crippen MR) is 71.5 cm³/mol. The first kappa shape index (κ1) is 14.0. The number of halogens is 2. The van der Waals surface area contributed by atoms with Crippen LogP contribution in [0.25, 0.3) is 0 Å². The van der Waals surface area contributed by atoms with Gasteiger partial charge < -0.3 is 0 Å². The summed E-state index contributed by atoms with van der Waals surface area (Å²) in [5.41, 5.74) is 1.88. The van der Waals surface area contributed by atoms with Gasteiger partial charge in [0.2, 0.25) is 0 Å². The molecule has 20 heavy (non-hydrogen) atoms. The van der Waals surface area contributed by atoms with E-state index >= 15 is 0 Å². The van der Waals surface area contributed by atoms with Gasteiger partial charge in [0.1, 0.15) is 11.5 Å². The molecule has 0 atom stereocenters. The van der Waals surface area contributed by atoms with Crippen LogP contribution in [0.4, 0.5) is 14.5 Å². The molecule has 0 spiro atoms. The van der Waals surface area contributed by atoms with Crippen LogP contribution in [0.15, 0.2) is 63.5 Å². The zero-order chi connectivity index (χ0) is 14.7. The smallest absolute Gasteiger partial charge is 0.184 e. The highest BCUT2D eigenvalue weighted by Gasteiger charge is 2.12. The summed E-state index contributed by atoms with van der Waals surface area (Å²) >= 11 is 0. The van der Waals surface area contributed by atoms with Crippen molar-refractivity contribution >= 4 is 11.5 Å². The summed E-state index contributed by atoms with van der Waals surface area (Å²) in [6.07, 6.45) is 4.77. The van der Waals surface area contributed by atoms with Gasteiger partial charge in [-0.3, -0.25) is 4.79 Å². The molecule has 1 aliphatic rings. The van der Waals surface area contributed by atoms with Crippen LogP contribution in [-0.4, -0.2) is 5.78 Å². The summed E-state index contributed by atoms with van der Waals surface area (Å²) in [7, 11) is 0. The van der Waals surface area contributed by atoms with Crippen molar-refractivity contribution < 1.29 is 13.6 Å². The van der Waals surface area contributed by atoms with E-state index in [-0.39, 0.29) is 11.5 Å². The van der Waals surface area contributed by atoms with Crippen molar-refractivity contribution in [2.24, 2.45) is 10.2 Å². The lowest BCUT2D eigenvalue weighted by Gasteiger charge is -2.08. The number of benzene rings is 1. The zero-order valence-corrected chi connectivity index (χ0v) is 11.0. The fourth-order valence-electron chi connectivity index (χ4n) is 1.78. The number of azo groups is 1. The number of allylic oxidation sites excluding steroid dienone is 5. The number of rotatable bonds is 2. The van der Waals surface area contributed by atoms with Gasteiger partial charge in [0, 0.05) is 6.07 Å². The first-order valence-corrected chi connectivity index (χ1v) is 5.95. The molecule has 0 heterocycles. The Bertz CT molecular complexity index is 661.